The largest absolute Gasteiger partial charge is 0.508 e. The molecule has 1 aliphatic rings. The highest BCUT2D eigenvalue weighted by Crippen LogP contribution is 2.44. The summed E-state index contributed by atoms with van der Waals surface area (Å²) in [6.45, 7) is 6.45. The van der Waals surface area contributed by atoms with Crippen LogP contribution in [-0.4, -0.2) is 29.3 Å². The molecule has 2 N–H and O–H groups in total. The van der Waals surface area contributed by atoms with Gasteiger partial charge in [-0.2, -0.15) is 5.26 Å². The standard InChI is InChI=1S/C20H24N2O4/c1-4-7-20(10-16(24)25-5-2)19-14(6-8-26-20)17-13(11-21)9-15(23)12(3)18(17)22-19/h9,22-23H,4-8,10H2,1-3H3. The number of rotatable bonds is 5. The van der Waals surface area contributed by atoms with E-state index in [9.17, 15) is 15.2 Å². The minimum Gasteiger partial charge on any atom is -0.508 e. The first-order valence-electron chi connectivity index (χ1n) is 9.04. The number of carbonyl (C=O) groups is 1. The fraction of sp³-hybridized carbons (Fsp3) is 0.500. The molecule has 0 saturated carbocycles. The lowest BCUT2D eigenvalue weighted by molar-refractivity contribution is -0.155. The summed E-state index contributed by atoms with van der Waals surface area (Å²) < 4.78 is 11.3. The van der Waals surface area contributed by atoms with Crippen molar-refractivity contribution in [3.8, 4) is 11.8 Å². The maximum Gasteiger partial charge on any atom is 0.309 e. The van der Waals surface area contributed by atoms with E-state index in [1.807, 2.05) is 13.8 Å². The molecule has 0 radical (unpaired) electrons. The molecule has 1 aliphatic heterocycles. The molecule has 3 rings (SSSR count). The summed E-state index contributed by atoms with van der Waals surface area (Å²) in [5, 5.41) is 20.5. The Bertz CT molecular complexity index is 894. The second-order valence-electron chi connectivity index (χ2n) is 6.73. The zero-order chi connectivity index (χ0) is 18.9. The summed E-state index contributed by atoms with van der Waals surface area (Å²) >= 11 is 0. The smallest absolute Gasteiger partial charge is 0.309 e. The Kier molecular flexibility index (Phi) is 4.92. The zero-order valence-corrected chi connectivity index (χ0v) is 15.4. The topological polar surface area (TPSA) is 95.3 Å². The fourth-order valence-electron chi connectivity index (χ4n) is 3.98. The van der Waals surface area contributed by atoms with Crippen LogP contribution in [0.4, 0.5) is 0 Å². The average Bonchev–Trinajstić information content (AvgIpc) is 3.00. The Labute approximate surface area is 152 Å². The number of hydrogen-bond donors (Lipinski definition) is 2. The monoisotopic (exact) mass is 356 g/mol. The van der Waals surface area contributed by atoms with E-state index >= 15 is 0 Å². The number of carbonyl (C=O) groups excluding carboxylic acids is 1. The normalized spacial score (nSPS) is 19.2. The van der Waals surface area contributed by atoms with Crippen LogP contribution in [0, 0.1) is 18.3 Å². The first-order valence-corrected chi connectivity index (χ1v) is 9.04. The molecule has 6 heteroatoms. The number of esters is 1. The number of aryl methyl sites for hydroxylation is 1. The Morgan fingerprint density at radius 2 is 2.27 bits per heavy atom. The van der Waals surface area contributed by atoms with E-state index in [4.69, 9.17) is 9.47 Å². The van der Waals surface area contributed by atoms with E-state index in [1.54, 1.807) is 6.92 Å². The second kappa shape index (κ2) is 7.00. The minimum atomic E-state index is -0.789. The van der Waals surface area contributed by atoms with Crippen LogP contribution >= 0.6 is 0 Å². The summed E-state index contributed by atoms with van der Waals surface area (Å²) in [7, 11) is 0. The molecule has 2 heterocycles. The number of benzene rings is 1. The predicted octanol–water partition coefficient (Wildman–Crippen LogP) is 3.57. The lowest BCUT2D eigenvalue weighted by atomic mass is 9.84. The van der Waals surface area contributed by atoms with Crippen molar-refractivity contribution in [2.45, 2.75) is 52.1 Å². The van der Waals surface area contributed by atoms with Crippen LogP contribution in [0.3, 0.4) is 0 Å². The maximum atomic E-state index is 12.3. The number of aromatic nitrogens is 1. The van der Waals surface area contributed by atoms with Crippen molar-refractivity contribution in [2.75, 3.05) is 13.2 Å². The van der Waals surface area contributed by atoms with Crippen LogP contribution in [0.1, 0.15) is 55.5 Å². The van der Waals surface area contributed by atoms with E-state index in [0.717, 1.165) is 28.6 Å². The third-order valence-electron chi connectivity index (χ3n) is 5.11. The van der Waals surface area contributed by atoms with E-state index in [1.165, 1.54) is 6.07 Å². The first-order chi connectivity index (χ1) is 12.5. The fourth-order valence-corrected chi connectivity index (χ4v) is 3.98. The third-order valence-corrected chi connectivity index (χ3v) is 5.11. The number of hydrogen-bond acceptors (Lipinski definition) is 5. The molecule has 138 valence electrons. The molecule has 26 heavy (non-hydrogen) atoms. The van der Waals surface area contributed by atoms with Crippen LogP contribution < -0.4 is 0 Å². The van der Waals surface area contributed by atoms with Gasteiger partial charge in [0.25, 0.3) is 0 Å². The number of fused-ring (bicyclic) bond motifs is 3. The molecule has 0 saturated heterocycles. The van der Waals surface area contributed by atoms with Crippen molar-refractivity contribution >= 4 is 16.9 Å². The second-order valence-corrected chi connectivity index (χ2v) is 6.73. The quantitative estimate of drug-likeness (QED) is 0.799. The molecule has 1 aromatic carbocycles. The van der Waals surface area contributed by atoms with E-state index in [-0.39, 0.29) is 18.1 Å². The lowest BCUT2D eigenvalue weighted by Crippen LogP contribution is -2.38. The van der Waals surface area contributed by atoms with Crippen molar-refractivity contribution in [3.05, 3.63) is 28.5 Å². The number of phenols is 1. The number of aromatic hydroxyl groups is 1. The van der Waals surface area contributed by atoms with Gasteiger partial charge >= 0.3 is 5.97 Å². The molecule has 1 aromatic heterocycles. The number of aromatic amines is 1. The summed E-state index contributed by atoms with van der Waals surface area (Å²) in [4.78, 5) is 15.6. The molecule has 0 amide bonds. The molecule has 6 nitrogen and oxygen atoms in total. The van der Waals surface area contributed by atoms with Crippen LogP contribution in [0.2, 0.25) is 0 Å². The number of H-pyrrole nitrogens is 1. The highest BCUT2D eigenvalue weighted by Gasteiger charge is 2.42. The maximum absolute atomic E-state index is 12.3. The summed E-state index contributed by atoms with van der Waals surface area (Å²) in [6, 6.07) is 3.69. The highest BCUT2D eigenvalue weighted by molar-refractivity contribution is 5.94. The van der Waals surface area contributed by atoms with Gasteiger partial charge in [-0.3, -0.25) is 4.79 Å². The van der Waals surface area contributed by atoms with Crippen molar-refractivity contribution in [3.63, 3.8) is 0 Å². The van der Waals surface area contributed by atoms with E-state index in [2.05, 4.69) is 11.1 Å². The van der Waals surface area contributed by atoms with Crippen LogP contribution in [0.25, 0.3) is 10.9 Å². The van der Waals surface area contributed by atoms with Crippen molar-refractivity contribution in [1.29, 1.82) is 5.26 Å². The van der Waals surface area contributed by atoms with Gasteiger partial charge in [0.1, 0.15) is 11.4 Å². The van der Waals surface area contributed by atoms with Crippen molar-refractivity contribution in [2.24, 2.45) is 0 Å². The zero-order valence-electron chi connectivity index (χ0n) is 15.4. The van der Waals surface area contributed by atoms with Crippen molar-refractivity contribution in [1.82, 2.24) is 4.98 Å². The molecule has 0 spiro atoms. The lowest BCUT2D eigenvalue weighted by Gasteiger charge is -2.36. The van der Waals surface area contributed by atoms with Crippen LogP contribution in [0.5, 0.6) is 5.75 Å². The van der Waals surface area contributed by atoms with Gasteiger partial charge < -0.3 is 19.6 Å². The molecule has 1 atom stereocenters. The minimum absolute atomic E-state index is 0.0834. The van der Waals surface area contributed by atoms with E-state index in [0.29, 0.717) is 37.2 Å². The summed E-state index contributed by atoms with van der Waals surface area (Å²) in [6.07, 6.45) is 2.28. The Balaban J connectivity index is 2.24. The molecule has 1 unspecified atom stereocenters. The van der Waals surface area contributed by atoms with Gasteiger partial charge in [0.2, 0.25) is 0 Å². The summed E-state index contributed by atoms with van der Waals surface area (Å²) in [5.41, 5.74) is 2.91. The van der Waals surface area contributed by atoms with E-state index < -0.39 is 5.60 Å². The number of phenolic OH excluding ortho intramolecular Hbond substituents is 1. The number of ether oxygens (including phenoxy) is 2. The molecule has 0 bridgehead atoms. The Morgan fingerprint density at radius 3 is 2.92 bits per heavy atom. The Hall–Kier alpha value is -2.52. The summed E-state index contributed by atoms with van der Waals surface area (Å²) in [5.74, 6) is -0.215. The Morgan fingerprint density at radius 1 is 1.50 bits per heavy atom. The van der Waals surface area contributed by atoms with Crippen LogP contribution in [0.15, 0.2) is 6.07 Å². The van der Waals surface area contributed by atoms with Gasteiger partial charge in [0.15, 0.2) is 0 Å². The van der Waals surface area contributed by atoms with Gasteiger partial charge in [-0.05, 0) is 38.3 Å². The molecule has 2 aromatic rings. The van der Waals surface area contributed by atoms with Crippen molar-refractivity contribution < 1.29 is 19.4 Å². The first kappa shape index (κ1) is 18.3. The number of nitriles is 1. The molecular weight excluding hydrogens is 332 g/mol. The highest BCUT2D eigenvalue weighted by atomic mass is 16.5. The third kappa shape index (κ3) is 2.82. The SMILES string of the molecule is CCCC1(CC(=O)OCC)OCCc2c1[nH]c1c(C)c(O)cc(C#N)c21. The van der Waals surface area contributed by atoms with Gasteiger partial charge in [-0.25, -0.2) is 0 Å². The van der Waals surface area contributed by atoms with Gasteiger partial charge in [0, 0.05) is 10.9 Å². The van der Waals surface area contributed by atoms with Gasteiger partial charge in [-0.1, -0.05) is 13.3 Å². The molecule has 0 fully saturated rings. The van der Waals surface area contributed by atoms with Crippen LogP contribution in [-0.2, 0) is 26.3 Å². The van der Waals surface area contributed by atoms with Gasteiger partial charge in [-0.15, -0.1) is 0 Å². The average molecular weight is 356 g/mol. The predicted molar refractivity (Wildman–Crippen MR) is 96.9 cm³/mol. The molecular formula is C20H24N2O4. The number of nitrogens with zero attached hydrogens (tertiary/aromatic N) is 1. The number of nitrogens with one attached hydrogen (secondary N) is 1. The molecule has 0 aliphatic carbocycles. The van der Waals surface area contributed by atoms with Gasteiger partial charge in [0.05, 0.1) is 42.5 Å².